The Labute approximate surface area is 152 Å². The molecule has 0 aliphatic carbocycles. The first-order chi connectivity index (χ1) is 12.0. The fourth-order valence-electron chi connectivity index (χ4n) is 2.87. The summed E-state index contributed by atoms with van der Waals surface area (Å²) in [6.07, 6.45) is 0.436. The molecule has 1 fully saturated rings. The van der Waals surface area contributed by atoms with Crippen LogP contribution in [0.4, 0.5) is 16.2 Å². The molecule has 2 aromatic rings. The van der Waals surface area contributed by atoms with Crippen molar-refractivity contribution in [3.63, 3.8) is 0 Å². The minimum atomic E-state index is -0.302. The molecule has 0 radical (unpaired) electrons. The zero-order valence-electron chi connectivity index (χ0n) is 14.0. The predicted octanol–water partition coefficient (Wildman–Crippen LogP) is 3.82. The van der Waals surface area contributed by atoms with Crippen molar-refractivity contribution < 1.29 is 9.59 Å². The van der Waals surface area contributed by atoms with Crippen molar-refractivity contribution in [2.75, 3.05) is 23.3 Å². The monoisotopic (exact) mass is 357 g/mol. The Morgan fingerprint density at radius 1 is 1.24 bits per heavy atom. The third-order valence-corrected chi connectivity index (χ3v) is 4.42. The number of carbonyl (C=O) groups excluding carboxylic acids is 2. The van der Waals surface area contributed by atoms with E-state index in [1.807, 2.05) is 31.2 Å². The maximum Gasteiger partial charge on any atom is 0.319 e. The number of hydrogen-bond donors (Lipinski definition) is 2. The lowest BCUT2D eigenvalue weighted by Crippen LogP contribution is -2.34. The molecule has 0 spiro atoms. The van der Waals surface area contributed by atoms with Gasteiger partial charge in [0.25, 0.3) is 0 Å². The lowest BCUT2D eigenvalue weighted by Gasteiger charge is -2.17. The molecule has 1 saturated heterocycles. The quantitative estimate of drug-likeness (QED) is 0.873. The average Bonchev–Trinajstić information content (AvgIpc) is 2.95. The molecular weight excluding hydrogens is 338 g/mol. The third-order valence-electron chi connectivity index (χ3n) is 4.18. The third kappa shape index (κ3) is 4.51. The zero-order valence-corrected chi connectivity index (χ0v) is 14.7. The number of hydrogen-bond acceptors (Lipinski definition) is 2. The van der Waals surface area contributed by atoms with Gasteiger partial charge in [-0.05, 0) is 37.3 Å². The molecule has 0 saturated carbocycles. The van der Waals surface area contributed by atoms with Crippen molar-refractivity contribution in [1.29, 1.82) is 0 Å². The molecule has 2 N–H and O–H groups in total. The summed E-state index contributed by atoms with van der Waals surface area (Å²) < 4.78 is 0. The predicted molar refractivity (Wildman–Crippen MR) is 100 cm³/mol. The first-order valence-electron chi connectivity index (χ1n) is 8.19. The van der Waals surface area contributed by atoms with Crippen LogP contribution in [0.2, 0.25) is 5.02 Å². The van der Waals surface area contributed by atoms with E-state index in [4.69, 9.17) is 11.6 Å². The fourth-order valence-corrected chi connectivity index (χ4v) is 3.06. The van der Waals surface area contributed by atoms with Gasteiger partial charge in [-0.2, -0.15) is 0 Å². The van der Waals surface area contributed by atoms with Crippen LogP contribution in [0.25, 0.3) is 0 Å². The largest absolute Gasteiger partial charge is 0.338 e. The van der Waals surface area contributed by atoms with Crippen molar-refractivity contribution in [3.05, 3.63) is 59.1 Å². The van der Waals surface area contributed by atoms with Gasteiger partial charge in [0.05, 0.1) is 0 Å². The summed E-state index contributed by atoms with van der Waals surface area (Å²) >= 11 is 5.89. The molecule has 5 nitrogen and oxygen atoms in total. The molecule has 1 heterocycles. The minimum Gasteiger partial charge on any atom is -0.338 e. The van der Waals surface area contributed by atoms with Gasteiger partial charge in [-0.3, -0.25) is 4.79 Å². The van der Waals surface area contributed by atoms with E-state index in [1.165, 1.54) is 0 Å². The molecule has 3 amide bonds. The second kappa shape index (κ2) is 7.57. The maximum atomic E-state index is 12.2. The molecule has 0 bridgehead atoms. The van der Waals surface area contributed by atoms with Crippen LogP contribution in [-0.2, 0) is 4.79 Å². The van der Waals surface area contributed by atoms with Crippen molar-refractivity contribution in [3.8, 4) is 0 Å². The number of halogens is 1. The van der Waals surface area contributed by atoms with Crippen molar-refractivity contribution in [2.24, 2.45) is 5.92 Å². The summed E-state index contributed by atoms with van der Waals surface area (Å²) in [4.78, 5) is 26.0. The Morgan fingerprint density at radius 2 is 2.00 bits per heavy atom. The van der Waals surface area contributed by atoms with E-state index in [0.717, 1.165) is 11.3 Å². The normalized spacial score (nSPS) is 16.8. The Morgan fingerprint density at radius 3 is 2.72 bits per heavy atom. The molecule has 6 heteroatoms. The fraction of sp³-hybridized carbons (Fsp3) is 0.263. The van der Waals surface area contributed by atoms with E-state index in [-0.39, 0.29) is 17.9 Å². The summed E-state index contributed by atoms with van der Waals surface area (Å²) in [6.45, 7) is 3.07. The number of aryl methyl sites for hydroxylation is 1. The zero-order chi connectivity index (χ0) is 17.8. The van der Waals surface area contributed by atoms with Crippen LogP contribution < -0.4 is 15.5 Å². The molecule has 130 valence electrons. The van der Waals surface area contributed by atoms with Gasteiger partial charge in [-0.1, -0.05) is 35.4 Å². The van der Waals surface area contributed by atoms with Gasteiger partial charge in [-0.25, -0.2) is 4.79 Å². The number of rotatable bonds is 4. The van der Waals surface area contributed by atoms with Crippen LogP contribution in [0.1, 0.15) is 12.0 Å². The highest BCUT2D eigenvalue weighted by molar-refractivity contribution is 6.30. The van der Waals surface area contributed by atoms with E-state index in [2.05, 4.69) is 10.6 Å². The first-order valence-corrected chi connectivity index (χ1v) is 8.56. The lowest BCUT2D eigenvalue weighted by molar-refractivity contribution is -0.117. The summed E-state index contributed by atoms with van der Waals surface area (Å²) in [7, 11) is 0. The SMILES string of the molecule is Cc1ccc(N2CC(CNC(=O)Nc3cccc(Cl)c3)CC2=O)cc1. The standard InChI is InChI=1S/C19H20ClN3O2/c1-13-5-7-17(8-6-13)23-12-14(9-18(23)24)11-21-19(25)22-16-4-2-3-15(20)10-16/h2-8,10,14H,9,11-12H2,1H3,(H2,21,22,25). The smallest absolute Gasteiger partial charge is 0.319 e. The van der Waals surface area contributed by atoms with Crippen molar-refractivity contribution in [2.45, 2.75) is 13.3 Å². The molecule has 1 atom stereocenters. The van der Waals surface area contributed by atoms with E-state index >= 15 is 0 Å². The van der Waals surface area contributed by atoms with Gasteiger partial charge < -0.3 is 15.5 Å². The van der Waals surface area contributed by atoms with E-state index in [9.17, 15) is 9.59 Å². The molecule has 0 aromatic heterocycles. The average molecular weight is 358 g/mol. The van der Waals surface area contributed by atoms with Crippen molar-refractivity contribution >= 4 is 34.9 Å². The van der Waals surface area contributed by atoms with Crippen LogP contribution in [-0.4, -0.2) is 25.0 Å². The van der Waals surface area contributed by atoms with E-state index in [1.54, 1.807) is 29.2 Å². The van der Waals surface area contributed by atoms with Crippen LogP contribution in [0.3, 0.4) is 0 Å². The molecule has 1 aliphatic heterocycles. The summed E-state index contributed by atoms with van der Waals surface area (Å²) in [6, 6.07) is 14.6. The molecule has 1 unspecified atom stereocenters. The highest BCUT2D eigenvalue weighted by atomic mass is 35.5. The second-order valence-electron chi connectivity index (χ2n) is 6.26. The number of urea groups is 1. The minimum absolute atomic E-state index is 0.0888. The number of benzene rings is 2. The number of nitrogens with one attached hydrogen (secondary N) is 2. The highest BCUT2D eigenvalue weighted by Gasteiger charge is 2.30. The molecule has 1 aliphatic rings. The maximum absolute atomic E-state index is 12.2. The summed E-state index contributed by atoms with van der Waals surface area (Å²) in [5.41, 5.74) is 2.70. The first kappa shape index (κ1) is 17.3. The highest BCUT2D eigenvalue weighted by Crippen LogP contribution is 2.25. The summed E-state index contributed by atoms with van der Waals surface area (Å²) in [5, 5.41) is 6.12. The van der Waals surface area contributed by atoms with Crippen LogP contribution in [0.5, 0.6) is 0 Å². The van der Waals surface area contributed by atoms with E-state index in [0.29, 0.717) is 30.2 Å². The topological polar surface area (TPSA) is 61.4 Å². The number of anilines is 2. The Balaban J connectivity index is 1.51. The number of nitrogens with zero attached hydrogens (tertiary/aromatic N) is 1. The Kier molecular flexibility index (Phi) is 5.24. The number of amides is 3. The van der Waals surface area contributed by atoms with Gasteiger partial charge in [-0.15, -0.1) is 0 Å². The molecular formula is C19H20ClN3O2. The molecule has 2 aromatic carbocycles. The second-order valence-corrected chi connectivity index (χ2v) is 6.69. The van der Waals surface area contributed by atoms with Gasteiger partial charge in [0.2, 0.25) is 5.91 Å². The van der Waals surface area contributed by atoms with Gasteiger partial charge in [0, 0.05) is 41.8 Å². The molecule has 3 rings (SSSR count). The van der Waals surface area contributed by atoms with Crippen LogP contribution >= 0.6 is 11.6 Å². The Bertz CT molecular complexity index is 776. The van der Waals surface area contributed by atoms with Gasteiger partial charge >= 0.3 is 6.03 Å². The van der Waals surface area contributed by atoms with Crippen molar-refractivity contribution in [1.82, 2.24) is 5.32 Å². The molecule has 25 heavy (non-hydrogen) atoms. The number of carbonyl (C=O) groups is 2. The van der Waals surface area contributed by atoms with Crippen LogP contribution in [0, 0.1) is 12.8 Å². The lowest BCUT2D eigenvalue weighted by atomic mass is 10.1. The van der Waals surface area contributed by atoms with Crippen LogP contribution in [0.15, 0.2) is 48.5 Å². The van der Waals surface area contributed by atoms with E-state index < -0.39 is 0 Å². The summed E-state index contributed by atoms with van der Waals surface area (Å²) in [5.74, 6) is 0.185. The van der Waals surface area contributed by atoms with Gasteiger partial charge in [0.15, 0.2) is 0 Å². The van der Waals surface area contributed by atoms with Gasteiger partial charge in [0.1, 0.15) is 0 Å². The Hall–Kier alpha value is -2.53.